The number of rotatable bonds is 18. The maximum absolute atomic E-state index is 5.78. The molecule has 0 saturated carbocycles. The van der Waals surface area contributed by atoms with E-state index in [0.29, 0.717) is 0 Å². The van der Waals surface area contributed by atoms with Crippen molar-refractivity contribution in [3.05, 3.63) is 60.2 Å². The van der Waals surface area contributed by atoms with E-state index in [4.69, 9.17) is 9.47 Å². The molecule has 2 heterocycles. The first kappa shape index (κ1) is 25.2. The number of halogens is 1. The van der Waals surface area contributed by atoms with Crippen LogP contribution in [0.5, 0.6) is 0 Å². The molecule has 0 aliphatic rings. The molecule has 0 aliphatic heterocycles. The second kappa shape index (κ2) is 17.6. The average Bonchev–Trinajstić information content (AvgIpc) is 2.78. The summed E-state index contributed by atoms with van der Waals surface area (Å²) < 4.78 is 16.9. The molecule has 0 atom stereocenters. The number of aromatic nitrogens is 2. The molecule has 5 nitrogen and oxygen atoms in total. The van der Waals surface area contributed by atoms with E-state index in [-0.39, 0.29) is 0 Å². The van der Waals surface area contributed by atoms with Crippen LogP contribution in [0.15, 0.2) is 49.1 Å². The fourth-order valence-electron chi connectivity index (χ4n) is 3.26. The summed E-state index contributed by atoms with van der Waals surface area (Å²) in [7, 11) is 0. The van der Waals surface area contributed by atoms with E-state index in [0.717, 1.165) is 84.5 Å². The molecule has 0 spiro atoms. The summed E-state index contributed by atoms with van der Waals surface area (Å²) in [5.74, 6) is 0. The molecule has 30 heavy (non-hydrogen) atoms. The van der Waals surface area contributed by atoms with Crippen molar-refractivity contribution < 1.29 is 14.0 Å². The van der Waals surface area contributed by atoms with Crippen LogP contribution in [0, 0.1) is 0 Å². The lowest BCUT2D eigenvalue weighted by Crippen LogP contribution is -2.33. The molecule has 0 aliphatic carbocycles. The molecule has 0 amide bonds. The van der Waals surface area contributed by atoms with Crippen LogP contribution in [0.2, 0.25) is 0 Å². The van der Waals surface area contributed by atoms with Crippen molar-refractivity contribution in [3.8, 4) is 0 Å². The predicted octanol–water partition coefficient (Wildman–Crippen LogP) is 4.47. The van der Waals surface area contributed by atoms with Gasteiger partial charge in [0.15, 0.2) is 12.4 Å². The van der Waals surface area contributed by atoms with Gasteiger partial charge in [0.2, 0.25) is 0 Å². The highest BCUT2D eigenvalue weighted by Crippen LogP contribution is 2.03. The Labute approximate surface area is 196 Å². The summed E-state index contributed by atoms with van der Waals surface area (Å²) in [5.41, 5.74) is 2.68. The lowest BCUT2D eigenvalue weighted by molar-refractivity contribution is -0.697. The van der Waals surface area contributed by atoms with Crippen LogP contribution in [0.25, 0.3) is 0 Å². The SMILES string of the molecule is INCCCCOCCCc1ccc[n+](CCCCOCCCc2cccnc2)c1. The monoisotopic (exact) mass is 526 g/mol. The maximum Gasteiger partial charge on any atom is 0.171 e. The highest BCUT2D eigenvalue weighted by Gasteiger charge is 2.03. The van der Waals surface area contributed by atoms with Gasteiger partial charge in [-0.3, -0.25) is 8.51 Å². The van der Waals surface area contributed by atoms with E-state index in [1.165, 1.54) is 17.5 Å². The molecule has 2 aromatic rings. The van der Waals surface area contributed by atoms with Gasteiger partial charge in [-0.1, -0.05) is 6.07 Å². The van der Waals surface area contributed by atoms with Crippen LogP contribution in [0.4, 0.5) is 0 Å². The van der Waals surface area contributed by atoms with Crippen LogP contribution in [-0.4, -0.2) is 38.0 Å². The molecule has 6 heteroatoms. The Kier molecular flexibility index (Phi) is 14.7. The second-order valence-electron chi connectivity index (χ2n) is 7.54. The minimum Gasteiger partial charge on any atom is -0.381 e. The van der Waals surface area contributed by atoms with Gasteiger partial charge in [-0.05, 0) is 62.6 Å². The molecule has 0 aromatic carbocycles. The van der Waals surface area contributed by atoms with Crippen molar-refractivity contribution in [1.29, 1.82) is 0 Å². The van der Waals surface area contributed by atoms with E-state index in [9.17, 15) is 0 Å². The smallest absolute Gasteiger partial charge is 0.171 e. The Bertz CT molecular complexity index is 658. The summed E-state index contributed by atoms with van der Waals surface area (Å²) in [4.78, 5) is 4.14. The van der Waals surface area contributed by atoms with E-state index in [1.54, 1.807) is 0 Å². The number of hydrogen-bond donors (Lipinski definition) is 1. The highest BCUT2D eigenvalue weighted by molar-refractivity contribution is 14.1. The zero-order valence-corrected chi connectivity index (χ0v) is 20.3. The van der Waals surface area contributed by atoms with Crippen molar-refractivity contribution in [2.75, 3.05) is 33.0 Å². The molecule has 0 bridgehead atoms. The lowest BCUT2D eigenvalue weighted by atomic mass is 10.1. The zero-order chi connectivity index (χ0) is 21.1. The van der Waals surface area contributed by atoms with Crippen molar-refractivity contribution in [3.63, 3.8) is 0 Å². The van der Waals surface area contributed by atoms with Gasteiger partial charge in [-0.15, -0.1) is 0 Å². The molecule has 1 N–H and O–H groups in total. The van der Waals surface area contributed by atoms with Crippen LogP contribution in [-0.2, 0) is 28.9 Å². The highest BCUT2D eigenvalue weighted by atomic mass is 127. The average molecular weight is 526 g/mol. The summed E-state index contributed by atoms with van der Waals surface area (Å²) in [5, 5.41) is 0. The maximum atomic E-state index is 5.78. The summed E-state index contributed by atoms with van der Waals surface area (Å²) in [6.45, 7) is 5.51. The number of hydrogen-bond acceptors (Lipinski definition) is 4. The fourth-order valence-corrected chi connectivity index (χ4v) is 3.65. The van der Waals surface area contributed by atoms with Gasteiger partial charge >= 0.3 is 0 Å². The summed E-state index contributed by atoms with van der Waals surface area (Å²) in [6, 6.07) is 8.48. The Morgan fingerprint density at radius 2 is 1.53 bits per heavy atom. The first-order valence-corrected chi connectivity index (χ1v) is 12.3. The molecule has 0 radical (unpaired) electrons. The van der Waals surface area contributed by atoms with Crippen LogP contribution >= 0.6 is 22.9 Å². The van der Waals surface area contributed by atoms with E-state index in [2.05, 4.69) is 66.5 Å². The van der Waals surface area contributed by atoms with Crippen molar-refractivity contribution >= 4 is 22.9 Å². The minimum atomic E-state index is 0.828. The van der Waals surface area contributed by atoms with Gasteiger partial charge in [0.05, 0.1) is 0 Å². The third-order valence-corrected chi connectivity index (χ3v) is 5.45. The van der Waals surface area contributed by atoms with Crippen LogP contribution in [0.1, 0.15) is 49.7 Å². The molecule has 0 saturated heterocycles. The summed E-state index contributed by atoms with van der Waals surface area (Å²) >= 11 is 2.19. The molecule has 2 aromatic heterocycles. The van der Waals surface area contributed by atoms with Gasteiger partial charge in [0.25, 0.3) is 0 Å². The molecular weight excluding hydrogens is 489 g/mol. The third-order valence-electron chi connectivity index (χ3n) is 4.92. The van der Waals surface area contributed by atoms with Crippen LogP contribution < -0.4 is 8.10 Å². The van der Waals surface area contributed by atoms with Crippen LogP contribution in [0.3, 0.4) is 0 Å². The number of pyridine rings is 2. The first-order chi connectivity index (χ1) is 14.9. The zero-order valence-electron chi connectivity index (χ0n) is 18.1. The first-order valence-electron chi connectivity index (χ1n) is 11.2. The van der Waals surface area contributed by atoms with E-state index < -0.39 is 0 Å². The van der Waals surface area contributed by atoms with Gasteiger partial charge in [-0.25, -0.2) is 4.57 Å². The standard InChI is InChI=1S/C24H37IN3O2/c25-27-14-1-3-17-29-20-8-12-24-10-6-16-28(22-24)15-2-4-18-30-19-7-11-23-9-5-13-26-21-23/h5-6,9-10,13,16,21-22,27H,1-4,7-8,11-12,14-15,17-20H2/q+1. The normalized spacial score (nSPS) is 11.1. The lowest BCUT2D eigenvalue weighted by Gasteiger charge is -2.05. The van der Waals surface area contributed by atoms with E-state index >= 15 is 0 Å². The number of ether oxygens (including phenoxy) is 2. The fraction of sp³-hybridized carbons (Fsp3) is 0.583. The third kappa shape index (κ3) is 12.6. The van der Waals surface area contributed by atoms with Crippen molar-refractivity contribution in [1.82, 2.24) is 8.51 Å². The molecular formula is C24H37IN3O2+. The Balaban J connectivity index is 1.46. The predicted molar refractivity (Wildman–Crippen MR) is 130 cm³/mol. The number of nitrogens with zero attached hydrogens (tertiary/aromatic N) is 2. The Morgan fingerprint density at radius 1 is 0.833 bits per heavy atom. The molecule has 0 fully saturated rings. The molecule has 2 rings (SSSR count). The molecule has 166 valence electrons. The Morgan fingerprint density at radius 3 is 2.27 bits per heavy atom. The van der Waals surface area contributed by atoms with Crippen molar-refractivity contribution in [2.45, 2.75) is 57.9 Å². The topological polar surface area (TPSA) is 47.3 Å². The summed E-state index contributed by atoms with van der Waals surface area (Å²) in [6.07, 6.45) is 17.0. The second-order valence-corrected chi connectivity index (χ2v) is 8.30. The quantitative estimate of drug-likeness (QED) is 0.135. The van der Waals surface area contributed by atoms with Crippen molar-refractivity contribution in [2.24, 2.45) is 0 Å². The van der Waals surface area contributed by atoms with E-state index in [1.807, 2.05) is 18.5 Å². The van der Waals surface area contributed by atoms with Gasteiger partial charge in [0.1, 0.15) is 6.54 Å². The number of unbranched alkanes of at least 4 members (excludes halogenated alkanes) is 2. The number of aryl methyl sites for hydroxylation is 3. The number of nitrogens with one attached hydrogen (secondary N) is 1. The largest absolute Gasteiger partial charge is 0.381 e. The van der Waals surface area contributed by atoms with Gasteiger partial charge < -0.3 is 9.47 Å². The Hall–Kier alpha value is -1.09. The minimum absolute atomic E-state index is 0.828. The van der Waals surface area contributed by atoms with Gasteiger partial charge in [0, 0.05) is 86.3 Å². The molecule has 0 unspecified atom stereocenters. The van der Waals surface area contributed by atoms with Gasteiger partial charge in [-0.2, -0.15) is 0 Å².